The van der Waals surface area contributed by atoms with Gasteiger partial charge in [-0.05, 0) is 0 Å². The Kier molecular flexibility index (Phi) is 3.87. The molecule has 0 saturated carbocycles. The SMILES string of the molecule is C[CH](S(=O)(=O)c1ccccc1)[Sn]([CH3])([CH3])[CH3]. The average Bonchev–Trinajstić information content (AvgIpc) is 2.16. The van der Waals surface area contributed by atoms with Gasteiger partial charge in [-0.3, -0.25) is 0 Å². The second kappa shape index (κ2) is 4.45. The summed E-state index contributed by atoms with van der Waals surface area (Å²) in [5.74, 6) is 0. The van der Waals surface area contributed by atoms with E-state index in [2.05, 4.69) is 14.8 Å². The molecule has 84 valence electrons. The van der Waals surface area contributed by atoms with E-state index in [0.717, 1.165) is 0 Å². The van der Waals surface area contributed by atoms with E-state index < -0.39 is 28.2 Å². The van der Waals surface area contributed by atoms with Gasteiger partial charge in [0.2, 0.25) is 0 Å². The molecule has 0 aliphatic heterocycles. The van der Waals surface area contributed by atoms with Crippen LogP contribution in [0.5, 0.6) is 0 Å². The number of hydrogen-bond acceptors (Lipinski definition) is 2. The zero-order chi connectivity index (χ0) is 11.7. The fourth-order valence-corrected chi connectivity index (χ4v) is 12.3. The number of rotatable bonds is 3. The number of hydrogen-bond donors (Lipinski definition) is 0. The van der Waals surface area contributed by atoms with Gasteiger partial charge in [0.25, 0.3) is 0 Å². The van der Waals surface area contributed by atoms with Gasteiger partial charge >= 0.3 is 96.9 Å². The van der Waals surface area contributed by atoms with E-state index in [0.29, 0.717) is 4.90 Å². The molecule has 4 heteroatoms. The van der Waals surface area contributed by atoms with Crippen LogP contribution in [-0.4, -0.2) is 30.1 Å². The van der Waals surface area contributed by atoms with Crippen molar-refractivity contribution in [3.63, 3.8) is 0 Å². The zero-order valence-corrected chi connectivity index (χ0v) is 13.4. The molecule has 0 heterocycles. The van der Waals surface area contributed by atoms with Gasteiger partial charge in [-0.15, -0.1) is 0 Å². The Labute approximate surface area is 96.5 Å². The van der Waals surface area contributed by atoms with Gasteiger partial charge in [-0.2, -0.15) is 0 Å². The van der Waals surface area contributed by atoms with Crippen LogP contribution in [0.2, 0.25) is 14.8 Å². The summed E-state index contributed by atoms with van der Waals surface area (Å²) < 4.78 is 24.3. The van der Waals surface area contributed by atoms with Crippen molar-refractivity contribution in [2.24, 2.45) is 0 Å². The molecule has 0 aliphatic carbocycles. The molecule has 0 aliphatic rings. The zero-order valence-electron chi connectivity index (χ0n) is 9.69. The van der Waals surface area contributed by atoms with Crippen LogP contribution in [0.1, 0.15) is 6.92 Å². The molecular weight excluding hydrogens is 315 g/mol. The molecule has 0 N–H and O–H groups in total. The molecule has 0 saturated heterocycles. The number of benzene rings is 1. The summed E-state index contributed by atoms with van der Waals surface area (Å²) in [6, 6.07) is 8.76. The molecule has 1 aromatic rings. The van der Waals surface area contributed by atoms with Crippen molar-refractivity contribution in [1.82, 2.24) is 0 Å². The molecule has 2 nitrogen and oxygen atoms in total. The topological polar surface area (TPSA) is 34.1 Å². The van der Waals surface area contributed by atoms with Crippen LogP contribution < -0.4 is 0 Å². The van der Waals surface area contributed by atoms with Gasteiger partial charge in [0.1, 0.15) is 0 Å². The fraction of sp³-hybridized carbons (Fsp3) is 0.455. The summed E-state index contributed by atoms with van der Waals surface area (Å²) in [4.78, 5) is 6.92. The molecular formula is C11H18O2SSn. The van der Waals surface area contributed by atoms with Crippen LogP contribution >= 0.6 is 0 Å². The van der Waals surface area contributed by atoms with Crippen molar-refractivity contribution in [1.29, 1.82) is 0 Å². The molecule has 0 amide bonds. The predicted octanol–water partition coefficient (Wildman–Crippen LogP) is 2.73. The third kappa shape index (κ3) is 2.97. The second-order valence-corrected chi connectivity index (χ2v) is 24.3. The molecule has 1 aromatic carbocycles. The Morgan fingerprint density at radius 1 is 1.07 bits per heavy atom. The molecule has 0 aromatic heterocycles. The van der Waals surface area contributed by atoms with Crippen LogP contribution in [0.3, 0.4) is 0 Å². The van der Waals surface area contributed by atoms with Crippen molar-refractivity contribution >= 4 is 28.2 Å². The predicted molar refractivity (Wildman–Crippen MR) is 66.4 cm³/mol. The van der Waals surface area contributed by atoms with Crippen LogP contribution in [0.15, 0.2) is 35.2 Å². The van der Waals surface area contributed by atoms with Crippen molar-refractivity contribution in [3.8, 4) is 0 Å². The van der Waals surface area contributed by atoms with E-state index in [4.69, 9.17) is 0 Å². The molecule has 15 heavy (non-hydrogen) atoms. The Balaban J connectivity index is 3.16. The molecule has 1 rings (SSSR count). The minimum atomic E-state index is -3.10. The third-order valence-electron chi connectivity index (χ3n) is 2.76. The average molecular weight is 333 g/mol. The van der Waals surface area contributed by atoms with E-state index in [9.17, 15) is 8.42 Å². The summed E-state index contributed by atoms with van der Waals surface area (Å²) >= 11 is -2.40. The van der Waals surface area contributed by atoms with Crippen molar-refractivity contribution in [2.75, 3.05) is 0 Å². The standard InChI is InChI=1S/C8H9O2S.3CH3.Sn/c1-2-11(9,10)8-6-4-3-5-7-8;;;;/h2-7H,1H3;3*1H3;. The first-order valence-corrected chi connectivity index (χ1v) is 16.8. The van der Waals surface area contributed by atoms with E-state index in [1.807, 2.05) is 13.0 Å². The normalized spacial score (nSPS) is 14.9. The Morgan fingerprint density at radius 2 is 1.53 bits per heavy atom. The molecule has 0 bridgehead atoms. The van der Waals surface area contributed by atoms with Gasteiger partial charge < -0.3 is 0 Å². The first-order chi connectivity index (χ1) is 6.76. The second-order valence-electron chi connectivity index (χ2n) is 4.87. The van der Waals surface area contributed by atoms with Gasteiger partial charge in [0.05, 0.1) is 0 Å². The Bertz CT molecular complexity index is 418. The molecule has 1 unspecified atom stereocenters. The van der Waals surface area contributed by atoms with Crippen LogP contribution in [0.4, 0.5) is 0 Å². The van der Waals surface area contributed by atoms with Gasteiger partial charge in [0, 0.05) is 0 Å². The maximum absolute atomic E-state index is 12.2. The van der Waals surface area contributed by atoms with Crippen molar-refractivity contribution in [2.45, 2.75) is 29.9 Å². The monoisotopic (exact) mass is 334 g/mol. The van der Waals surface area contributed by atoms with E-state index in [1.165, 1.54) is 0 Å². The molecule has 0 radical (unpaired) electrons. The van der Waals surface area contributed by atoms with Gasteiger partial charge in [0.15, 0.2) is 0 Å². The van der Waals surface area contributed by atoms with Crippen LogP contribution in [-0.2, 0) is 9.84 Å². The van der Waals surface area contributed by atoms with E-state index in [1.54, 1.807) is 24.3 Å². The molecule has 1 atom stereocenters. The first kappa shape index (κ1) is 13.0. The Hall–Kier alpha value is -0.0313. The van der Waals surface area contributed by atoms with Crippen LogP contribution in [0, 0.1) is 0 Å². The Morgan fingerprint density at radius 3 is 1.93 bits per heavy atom. The van der Waals surface area contributed by atoms with Gasteiger partial charge in [-0.1, -0.05) is 0 Å². The van der Waals surface area contributed by atoms with Gasteiger partial charge in [-0.25, -0.2) is 0 Å². The van der Waals surface area contributed by atoms with Crippen molar-refractivity contribution in [3.05, 3.63) is 30.3 Å². The third-order valence-corrected chi connectivity index (χ3v) is 19.0. The maximum atomic E-state index is 12.2. The fourth-order valence-electron chi connectivity index (χ4n) is 1.28. The minimum absolute atomic E-state index is 0.172. The molecule has 0 spiro atoms. The molecule has 0 fully saturated rings. The summed E-state index contributed by atoms with van der Waals surface area (Å²) in [5.41, 5.74) is 0. The number of sulfone groups is 1. The first-order valence-electron chi connectivity index (χ1n) is 5.05. The van der Waals surface area contributed by atoms with E-state index >= 15 is 0 Å². The summed E-state index contributed by atoms with van der Waals surface area (Å²) in [6.07, 6.45) is 0. The van der Waals surface area contributed by atoms with Crippen molar-refractivity contribution < 1.29 is 8.42 Å². The van der Waals surface area contributed by atoms with Crippen LogP contribution in [0.25, 0.3) is 0 Å². The van der Waals surface area contributed by atoms with E-state index in [-0.39, 0.29) is 3.27 Å². The summed E-state index contributed by atoms with van der Waals surface area (Å²) in [5, 5.41) is 0. The quantitative estimate of drug-likeness (QED) is 0.797. The summed E-state index contributed by atoms with van der Waals surface area (Å²) in [6.45, 7) is 1.86. The summed E-state index contributed by atoms with van der Waals surface area (Å²) in [7, 11) is -3.10.